The average molecular weight is 419 g/mol. The lowest BCUT2D eigenvalue weighted by molar-refractivity contribution is -0.136. The van der Waals surface area contributed by atoms with E-state index < -0.39 is 23.5 Å². The quantitative estimate of drug-likeness (QED) is 0.760. The van der Waals surface area contributed by atoms with Gasteiger partial charge in [0, 0.05) is 30.7 Å². The highest BCUT2D eigenvalue weighted by Gasteiger charge is 2.66. The molecule has 1 aromatic carbocycles. The van der Waals surface area contributed by atoms with Crippen molar-refractivity contribution >= 4 is 17.5 Å². The molecule has 5 heterocycles. The number of nitrogens with one attached hydrogen (secondary N) is 1. The second kappa shape index (κ2) is 6.81. The number of aromatic nitrogens is 1. The van der Waals surface area contributed by atoms with Gasteiger partial charge in [-0.25, -0.2) is 0 Å². The summed E-state index contributed by atoms with van der Waals surface area (Å²) in [5.41, 5.74) is 0.869. The number of nitrogens with zero attached hydrogens (tertiary/aromatic N) is 2. The van der Waals surface area contributed by atoms with Crippen molar-refractivity contribution in [3.8, 4) is 11.5 Å². The van der Waals surface area contributed by atoms with Gasteiger partial charge in [-0.1, -0.05) is 12.2 Å². The van der Waals surface area contributed by atoms with E-state index in [1.54, 1.807) is 35.5 Å². The Kier molecular flexibility index (Phi) is 4.04. The van der Waals surface area contributed by atoms with E-state index in [1.807, 2.05) is 24.3 Å². The number of hydrogen-bond donors (Lipinski definition) is 1. The Morgan fingerprint density at radius 2 is 1.97 bits per heavy atom. The zero-order valence-electron chi connectivity index (χ0n) is 16.7. The largest absolute Gasteiger partial charge is 0.486 e. The third-order valence-electron chi connectivity index (χ3n) is 6.41. The molecule has 6 rings (SSSR count). The van der Waals surface area contributed by atoms with Gasteiger partial charge in [0.1, 0.15) is 18.8 Å². The summed E-state index contributed by atoms with van der Waals surface area (Å²) in [6.07, 6.45) is 6.89. The number of carbonyl (C=O) groups excluding carboxylic acids is 2. The van der Waals surface area contributed by atoms with Crippen LogP contribution in [0.3, 0.4) is 0 Å². The van der Waals surface area contributed by atoms with Gasteiger partial charge in [0.2, 0.25) is 11.8 Å². The van der Waals surface area contributed by atoms with Gasteiger partial charge in [-0.15, -0.1) is 0 Å². The van der Waals surface area contributed by atoms with E-state index in [2.05, 4.69) is 10.3 Å². The first-order chi connectivity index (χ1) is 15.1. The molecule has 0 aliphatic carbocycles. The molecule has 2 aromatic rings. The molecular formula is C23H21N3O5. The minimum absolute atomic E-state index is 0.0500. The normalized spacial score (nSPS) is 29.9. The number of anilines is 1. The zero-order valence-corrected chi connectivity index (χ0v) is 16.7. The maximum Gasteiger partial charge on any atom is 0.231 e. The Labute approximate surface area is 178 Å². The second-order valence-electron chi connectivity index (χ2n) is 8.30. The van der Waals surface area contributed by atoms with Gasteiger partial charge in [-0.3, -0.25) is 14.6 Å². The average Bonchev–Trinajstić information content (AvgIpc) is 3.43. The van der Waals surface area contributed by atoms with Crippen LogP contribution < -0.4 is 14.8 Å². The summed E-state index contributed by atoms with van der Waals surface area (Å²) in [7, 11) is 0. The van der Waals surface area contributed by atoms with Gasteiger partial charge in [-0.05, 0) is 29.8 Å². The van der Waals surface area contributed by atoms with Gasteiger partial charge in [0.15, 0.2) is 11.5 Å². The Bertz CT molecular complexity index is 1090. The fourth-order valence-electron chi connectivity index (χ4n) is 5.07. The third kappa shape index (κ3) is 2.90. The molecule has 2 amide bonds. The molecule has 2 bridgehead atoms. The van der Waals surface area contributed by atoms with E-state index in [1.165, 1.54) is 0 Å². The topological polar surface area (TPSA) is 90.0 Å². The molecule has 0 unspecified atom stereocenters. The van der Waals surface area contributed by atoms with Crippen LogP contribution in [-0.2, 0) is 20.9 Å². The molecule has 158 valence electrons. The van der Waals surface area contributed by atoms with Crippen LogP contribution in [-0.4, -0.2) is 53.2 Å². The molecule has 0 radical (unpaired) electrons. The van der Waals surface area contributed by atoms with Crippen molar-refractivity contribution in [1.82, 2.24) is 9.88 Å². The van der Waals surface area contributed by atoms with Crippen LogP contribution in [0.1, 0.15) is 5.56 Å². The van der Waals surface area contributed by atoms with E-state index in [0.717, 1.165) is 5.56 Å². The van der Waals surface area contributed by atoms with Gasteiger partial charge in [0.05, 0.1) is 24.5 Å². The van der Waals surface area contributed by atoms with Crippen LogP contribution in [0.5, 0.6) is 11.5 Å². The highest BCUT2D eigenvalue weighted by atomic mass is 16.6. The van der Waals surface area contributed by atoms with Crippen LogP contribution in [0.4, 0.5) is 5.69 Å². The van der Waals surface area contributed by atoms with Crippen molar-refractivity contribution < 1.29 is 23.8 Å². The molecule has 8 nitrogen and oxygen atoms in total. The first kappa shape index (κ1) is 18.4. The number of likely N-dealkylation sites (tertiary alicyclic amines) is 1. The summed E-state index contributed by atoms with van der Waals surface area (Å²) in [5, 5.41) is 2.95. The predicted molar refractivity (Wildman–Crippen MR) is 109 cm³/mol. The summed E-state index contributed by atoms with van der Waals surface area (Å²) >= 11 is 0. The van der Waals surface area contributed by atoms with Crippen LogP contribution in [0, 0.1) is 11.8 Å². The standard InChI is InChI=1S/C23H21N3O5/c27-21(25-15-1-2-16-18(11-15)30-10-9-29-16)19-17-3-6-23(31-17)13-26(22(28)20(19)23)12-14-4-7-24-8-5-14/h1-8,11,17,19-20H,9-10,12-13H2,(H,25,27)/t17-,19+,20+,23-/m1/s1. The van der Waals surface area contributed by atoms with Gasteiger partial charge >= 0.3 is 0 Å². The number of benzene rings is 1. The fourth-order valence-corrected chi connectivity index (χ4v) is 5.07. The van der Waals surface area contributed by atoms with Crippen LogP contribution >= 0.6 is 0 Å². The maximum atomic E-state index is 13.3. The number of hydrogen-bond acceptors (Lipinski definition) is 6. The van der Waals surface area contributed by atoms with Crippen LogP contribution in [0.2, 0.25) is 0 Å². The Morgan fingerprint density at radius 3 is 2.81 bits per heavy atom. The van der Waals surface area contributed by atoms with E-state index >= 15 is 0 Å². The number of carbonyl (C=O) groups is 2. The van der Waals surface area contributed by atoms with Gasteiger partial charge in [-0.2, -0.15) is 0 Å². The molecular weight excluding hydrogens is 398 g/mol. The molecule has 4 atom stereocenters. The molecule has 8 heteroatoms. The van der Waals surface area contributed by atoms with Crippen molar-refractivity contribution in [1.29, 1.82) is 0 Å². The van der Waals surface area contributed by atoms with Crippen molar-refractivity contribution in [2.45, 2.75) is 18.2 Å². The Morgan fingerprint density at radius 1 is 1.16 bits per heavy atom. The maximum absolute atomic E-state index is 13.3. The molecule has 0 saturated carbocycles. The summed E-state index contributed by atoms with van der Waals surface area (Å²) in [4.78, 5) is 32.4. The number of pyridine rings is 1. The summed E-state index contributed by atoms with van der Waals surface area (Å²) in [6, 6.07) is 9.08. The van der Waals surface area contributed by atoms with E-state index in [0.29, 0.717) is 43.5 Å². The zero-order chi connectivity index (χ0) is 21.0. The lowest BCUT2D eigenvalue weighted by Gasteiger charge is -2.24. The summed E-state index contributed by atoms with van der Waals surface area (Å²) in [5.74, 6) is -0.116. The van der Waals surface area contributed by atoms with Gasteiger partial charge in [0.25, 0.3) is 0 Å². The molecule has 2 fully saturated rings. The van der Waals surface area contributed by atoms with Crippen molar-refractivity contribution in [2.24, 2.45) is 11.8 Å². The number of fused-ring (bicyclic) bond motifs is 2. The molecule has 1 N–H and O–H groups in total. The Hall–Kier alpha value is -3.39. The van der Waals surface area contributed by atoms with Crippen molar-refractivity contribution in [3.05, 3.63) is 60.4 Å². The molecule has 1 aromatic heterocycles. The number of ether oxygens (including phenoxy) is 3. The smallest absolute Gasteiger partial charge is 0.231 e. The van der Waals surface area contributed by atoms with Gasteiger partial charge < -0.3 is 24.4 Å². The van der Waals surface area contributed by atoms with E-state index in [9.17, 15) is 9.59 Å². The highest BCUT2D eigenvalue weighted by molar-refractivity contribution is 5.99. The first-order valence-electron chi connectivity index (χ1n) is 10.4. The lowest BCUT2D eigenvalue weighted by Crippen LogP contribution is -2.41. The lowest BCUT2D eigenvalue weighted by atomic mass is 9.77. The molecule has 4 aliphatic rings. The SMILES string of the molecule is O=C(Nc1ccc2c(c1)OCCO2)[C@@H]1[C@H]2C(=O)N(Cc3ccncc3)C[C@]23C=C[C@H]1O3. The number of rotatable bonds is 4. The minimum Gasteiger partial charge on any atom is -0.486 e. The monoisotopic (exact) mass is 419 g/mol. The molecule has 31 heavy (non-hydrogen) atoms. The highest BCUT2D eigenvalue weighted by Crippen LogP contribution is 2.52. The van der Waals surface area contributed by atoms with E-state index in [-0.39, 0.29) is 11.8 Å². The second-order valence-corrected chi connectivity index (χ2v) is 8.30. The molecule has 1 spiro atoms. The van der Waals surface area contributed by atoms with Crippen LogP contribution in [0.25, 0.3) is 0 Å². The number of amides is 2. The van der Waals surface area contributed by atoms with Crippen LogP contribution in [0.15, 0.2) is 54.9 Å². The molecule has 4 aliphatic heterocycles. The Balaban J connectivity index is 1.23. The van der Waals surface area contributed by atoms with E-state index in [4.69, 9.17) is 14.2 Å². The third-order valence-corrected chi connectivity index (χ3v) is 6.41. The molecule has 2 saturated heterocycles. The minimum atomic E-state index is -0.733. The first-order valence-corrected chi connectivity index (χ1v) is 10.4. The fraction of sp³-hybridized carbons (Fsp3) is 0.348. The summed E-state index contributed by atoms with van der Waals surface area (Å²) in [6.45, 7) is 1.89. The van der Waals surface area contributed by atoms with Crippen molar-refractivity contribution in [3.63, 3.8) is 0 Å². The predicted octanol–water partition coefficient (Wildman–Crippen LogP) is 1.77. The summed E-state index contributed by atoms with van der Waals surface area (Å²) < 4.78 is 17.3. The van der Waals surface area contributed by atoms with Crippen molar-refractivity contribution in [2.75, 3.05) is 25.1 Å².